The fourth-order valence-electron chi connectivity index (χ4n) is 1.85. The van der Waals surface area contributed by atoms with Crippen molar-refractivity contribution in [1.82, 2.24) is 10.3 Å². The van der Waals surface area contributed by atoms with Crippen LogP contribution in [-0.4, -0.2) is 28.0 Å². The third-order valence-electron chi connectivity index (χ3n) is 2.92. The van der Waals surface area contributed by atoms with Gasteiger partial charge in [0.2, 0.25) is 5.56 Å². The van der Waals surface area contributed by atoms with E-state index in [1.54, 1.807) is 0 Å². The van der Waals surface area contributed by atoms with Crippen molar-refractivity contribution in [2.24, 2.45) is 5.92 Å². The number of carboxylic acids is 1. The van der Waals surface area contributed by atoms with Crippen molar-refractivity contribution in [3.05, 3.63) is 34.2 Å². The number of aromatic nitrogens is 1. The van der Waals surface area contributed by atoms with Crippen LogP contribution in [0, 0.1) is 5.92 Å². The molecule has 0 radical (unpaired) electrons. The molecule has 0 aliphatic heterocycles. The maximum absolute atomic E-state index is 11.8. The van der Waals surface area contributed by atoms with Gasteiger partial charge in [-0.1, -0.05) is 6.07 Å². The molecule has 1 saturated carbocycles. The average Bonchev–Trinajstić information content (AvgIpc) is 3.11. The van der Waals surface area contributed by atoms with E-state index in [-0.39, 0.29) is 29.6 Å². The van der Waals surface area contributed by atoms with E-state index in [1.165, 1.54) is 18.2 Å². The van der Waals surface area contributed by atoms with Crippen LogP contribution < -0.4 is 10.9 Å². The number of carboxylic acid groups (broad SMARTS) is 1. The molecule has 0 bridgehead atoms. The van der Waals surface area contributed by atoms with Gasteiger partial charge < -0.3 is 15.4 Å². The van der Waals surface area contributed by atoms with Crippen molar-refractivity contribution in [2.75, 3.05) is 0 Å². The molecule has 96 valence electrons. The van der Waals surface area contributed by atoms with Gasteiger partial charge in [0.25, 0.3) is 5.91 Å². The number of rotatable bonds is 5. The lowest BCUT2D eigenvalue weighted by Crippen LogP contribution is -2.38. The lowest BCUT2D eigenvalue weighted by molar-refractivity contribution is -0.137. The van der Waals surface area contributed by atoms with Crippen LogP contribution in [0.3, 0.4) is 0 Å². The van der Waals surface area contributed by atoms with Crippen LogP contribution in [0.5, 0.6) is 0 Å². The largest absolute Gasteiger partial charge is 0.481 e. The number of pyridine rings is 1. The zero-order chi connectivity index (χ0) is 13.1. The second-order valence-electron chi connectivity index (χ2n) is 4.44. The van der Waals surface area contributed by atoms with Gasteiger partial charge in [0.05, 0.1) is 6.42 Å². The molecule has 0 spiro atoms. The van der Waals surface area contributed by atoms with Gasteiger partial charge in [0, 0.05) is 12.1 Å². The number of hydrogen-bond acceptors (Lipinski definition) is 3. The van der Waals surface area contributed by atoms with Gasteiger partial charge in [0.15, 0.2) is 0 Å². The molecule has 1 aliphatic rings. The average molecular weight is 250 g/mol. The molecule has 1 aromatic heterocycles. The normalized spacial score (nSPS) is 16.0. The van der Waals surface area contributed by atoms with Crippen molar-refractivity contribution < 1.29 is 14.7 Å². The highest BCUT2D eigenvalue weighted by molar-refractivity contribution is 5.92. The summed E-state index contributed by atoms with van der Waals surface area (Å²) in [5.74, 6) is -1.14. The quantitative estimate of drug-likeness (QED) is 0.702. The molecule has 1 atom stereocenters. The number of carbonyl (C=O) groups is 2. The molecule has 0 saturated heterocycles. The predicted molar refractivity (Wildman–Crippen MR) is 63.3 cm³/mol. The van der Waals surface area contributed by atoms with Gasteiger partial charge >= 0.3 is 5.97 Å². The van der Waals surface area contributed by atoms with Gasteiger partial charge in [-0.25, -0.2) is 0 Å². The maximum Gasteiger partial charge on any atom is 0.305 e. The second-order valence-corrected chi connectivity index (χ2v) is 4.44. The Balaban J connectivity index is 2.04. The van der Waals surface area contributed by atoms with E-state index in [0.29, 0.717) is 0 Å². The van der Waals surface area contributed by atoms with Crippen LogP contribution in [0.15, 0.2) is 23.0 Å². The summed E-state index contributed by atoms with van der Waals surface area (Å²) < 4.78 is 0. The van der Waals surface area contributed by atoms with E-state index >= 15 is 0 Å². The molecule has 6 nitrogen and oxygen atoms in total. The Kier molecular flexibility index (Phi) is 3.45. The SMILES string of the molecule is O=C(O)CC(NC(=O)c1cccc(=O)[nH]1)C1CC1. The topological polar surface area (TPSA) is 99.3 Å². The maximum atomic E-state index is 11.8. The number of aliphatic carboxylic acids is 1. The second kappa shape index (κ2) is 5.03. The van der Waals surface area contributed by atoms with E-state index in [2.05, 4.69) is 10.3 Å². The summed E-state index contributed by atoms with van der Waals surface area (Å²) in [7, 11) is 0. The molecule has 1 aromatic rings. The molecular weight excluding hydrogens is 236 g/mol. The summed E-state index contributed by atoms with van der Waals surface area (Å²) in [6.07, 6.45) is 1.78. The van der Waals surface area contributed by atoms with Crippen LogP contribution in [0.2, 0.25) is 0 Å². The zero-order valence-electron chi connectivity index (χ0n) is 9.68. The lowest BCUT2D eigenvalue weighted by atomic mass is 10.1. The van der Waals surface area contributed by atoms with Crippen molar-refractivity contribution in [2.45, 2.75) is 25.3 Å². The minimum absolute atomic E-state index is 0.0898. The Labute approximate surface area is 103 Å². The number of H-pyrrole nitrogens is 1. The zero-order valence-corrected chi connectivity index (χ0v) is 9.68. The fraction of sp³-hybridized carbons (Fsp3) is 0.417. The van der Waals surface area contributed by atoms with Gasteiger partial charge in [-0.2, -0.15) is 0 Å². The van der Waals surface area contributed by atoms with Gasteiger partial charge in [0.1, 0.15) is 5.69 Å². The third-order valence-corrected chi connectivity index (χ3v) is 2.92. The molecule has 1 amide bonds. The Morgan fingerprint density at radius 2 is 2.17 bits per heavy atom. The van der Waals surface area contributed by atoms with E-state index in [0.717, 1.165) is 12.8 Å². The Bertz CT molecular complexity index is 519. The van der Waals surface area contributed by atoms with Crippen molar-refractivity contribution in [1.29, 1.82) is 0 Å². The lowest BCUT2D eigenvalue weighted by Gasteiger charge is -2.15. The highest BCUT2D eigenvalue weighted by Crippen LogP contribution is 2.34. The van der Waals surface area contributed by atoms with Gasteiger partial charge in [-0.15, -0.1) is 0 Å². The first-order chi connectivity index (χ1) is 8.56. The standard InChI is InChI=1S/C12H14N2O4/c15-10-3-1-2-8(13-10)12(18)14-9(6-11(16)17)7-4-5-7/h1-3,7,9H,4-6H2,(H,13,15)(H,14,18)(H,16,17). The molecule has 1 aliphatic carbocycles. The molecule has 18 heavy (non-hydrogen) atoms. The predicted octanol–water partition coefficient (Wildman–Crippen LogP) is 0.358. The number of nitrogens with one attached hydrogen (secondary N) is 2. The highest BCUT2D eigenvalue weighted by Gasteiger charge is 2.33. The smallest absolute Gasteiger partial charge is 0.305 e. The van der Waals surface area contributed by atoms with E-state index < -0.39 is 11.9 Å². The number of hydrogen-bond donors (Lipinski definition) is 3. The summed E-state index contributed by atoms with van der Waals surface area (Å²) in [6, 6.07) is 3.92. The van der Waals surface area contributed by atoms with E-state index in [4.69, 9.17) is 5.11 Å². The summed E-state index contributed by atoms with van der Waals surface area (Å²) in [5, 5.41) is 11.4. The summed E-state index contributed by atoms with van der Waals surface area (Å²) in [5.41, 5.74) is -0.206. The number of carbonyl (C=O) groups excluding carboxylic acids is 1. The van der Waals surface area contributed by atoms with Crippen LogP contribution >= 0.6 is 0 Å². The Morgan fingerprint density at radius 1 is 1.44 bits per heavy atom. The van der Waals surface area contributed by atoms with Crippen molar-refractivity contribution >= 4 is 11.9 Å². The molecule has 1 unspecified atom stereocenters. The summed E-state index contributed by atoms with van der Waals surface area (Å²) in [4.78, 5) is 36.0. The molecule has 2 rings (SSSR count). The first kappa shape index (κ1) is 12.3. The van der Waals surface area contributed by atoms with Crippen molar-refractivity contribution in [3.63, 3.8) is 0 Å². The van der Waals surface area contributed by atoms with Crippen LogP contribution in [0.1, 0.15) is 29.8 Å². The highest BCUT2D eigenvalue weighted by atomic mass is 16.4. The van der Waals surface area contributed by atoms with Gasteiger partial charge in [-0.3, -0.25) is 14.4 Å². The Morgan fingerprint density at radius 3 is 2.72 bits per heavy atom. The molecule has 0 aromatic carbocycles. The van der Waals surface area contributed by atoms with Crippen LogP contribution in [0.4, 0.5) is 0 Å². The minimum atomic E-state index is -0.936. The first-order valence-electron chi connectivity index (χ1n) is 5.78. The van der Waals surface area contributed by atoms with E-state index in [9.17, 15) is 14.4 Å². The van der Waals surface area contributed by atoms with Gasteiger partial charge in [-0.05, 0) is 24.8 Å². The van der Waals surface area contributed by atoms with Crippen LogP contribution in [-0.2, 0) is 4.79 Å². The summed E-state index contributed by atoms with van der Waals surface area (Å²) in [6.45, 7) is 0. The molecular formula is C12H14N2O4. The van der Waals surface area contributed by atoms with E-state index in [1.807, 2.05) is 0 Å². The first-order valence-corrected chi connectivity index (χ1v) is 5.78. The summed E-state index contributed by atoms with van der Waals surface area (Å²) >= 11 is 0. The molecule has 6 heteroatoms. The van der Waals surface area contributed by atoms with Crippen LogP contribution in [0.25, 0.3) is 0 Å². The molecule has 3 N–H and O–H groups in total. The third kappa shape index (κ3) is 3.19. The number of aromatic amines is 1. The fourth-order valence-corrected chi connectivity index (χ4v) is 1.85. The molecule has 1 heterocycles. The monoisotopic (exact) mass is 250 g/mol. The number of amides is 1. The van der Waals surface area contributed by atoms with Crippen molar-refractivity contribution in [3.8, 4) is 0 Å². The molecule has 1 fully saturated rings. The Hall–Kier alpha value is -2.11. The minimum Gasteiger partial charge on any atom is -0.481 e.